The van der Waals surface area contributed by atoms with Crippen LogP contribution in [0.1, 0.15) is 133 Å². The number of ether oxygens (including phenoxy) is 1. The Kier molecular flexibility index (Phi) is 8.93. The smallest absolute Gasteiger partial charge is 0.244 e. The molecule has 2 aliphatic rings. The third kappa shape index (κ3) is 6.20. The molecule has 0 N–H and O–H groups in total. The minimum atomic E-state index is -0.671. The number of fused-ring (bicyclic) bond motifs is 12. The molecule has 0 bridgehead atoms. The van der Waals surface area contributed by atoms with Gasteiger partial charge in [0.25, 0.3) is 0 Å². The second-order valence-corrected chi connectivity index (χ2v) is 23.1. The molecule has 0 atom stereocenters. The van der Waals surface area contributed by atoms with E-state index in [1.807, 2.05) is 12.1 Å². The van der Waals surface area contributed by atoms with Crippen molar-refractivity contribution in [3.05, 3.63) is 178 Å². The molecule has 1 aliphatic carbocycles. The first-order valence-electron chi connectivity index (χ1n) is 23.7. The van der Waals surface area contributed by atoms with Gasteiger partial charge in [0, 0.05) is 23.0 Å². The van der Waals surface area contributed by atoms with Crippen LogP contribution in [0.25, 0.3) is 55.5 Å². The Morgan fingerprint density at radius 1 is 0.612 bits per heavy atom. The molecule has 67 heavy (non-hydrogen) atoms. The number of nitrogens with zero attached hydrogens (tertiary/aromatic N) is 5. The van der Waals surface area contributed by atoms with E-state index in [9.17, 15) is 5.26 Å². The summed E-state index contributed by atoms with van der Waals surface area (Å²) in [6, 6.07) is 44.3. The van der Waals surface area contributed by atoms with Crippen molar-refractivity contribution in [2.75, 3.05) is 0 Å². The lowest BCUT2D eigenvalue weighted by atomic mass is 9.60. The Morgan fingerprint density at radius 3 is 1.85 bits per heavy atom. The van der Waals surface area contributed by atoms with Crippen molar-refractivity contribution in [1.29, 1.82) is 5.26 Å². The Morgan fingerprint density at radius 2 is 1.22 bits per heavy atom. The molecule has 9 aromatic rings. The zero-order chi connectivity index (χ0) is 47.3. The lowest BCUT2D eigenvalue weighted by molar-refractivity contribution is -0.649. The van der Waals surface area contributed by atoms with E-state index < -0.39 is 5.41 Å². The van der Waals surface area contributed by atoms with Crippen molar-refractivity contribution in [3.63, 3.8) is 0 Å². The fourth-order valence-electron chi connectivity index (χ4n) is 11.2. The molecule has 6 nitrogen and oxygen atoms in total. The van der Waals surface area contributed by atoms with E-state index in [1.54, 1.807) is 12.3 Å². The number of imidazole rings is 1. The van der Waals surface area contributed by atoms with Gasteiger partial charge < -0.3 is 13.9 Å². The molecule has 4 heterocycles. The third-order valence-electron chi connectivity index (χ3n) is 14.5. The highest BCUT2D eigenvalue weighted by Crippen LogP contribution is 2.65. The van der Waals surface area contributed by atoms with Crippen LogP contribution in [0.4, 0.5) is 0 Å². The van der Waals surface area contributed by atoms with E-state index >= 15 is 0 Å². The zero-order valence-corrected chi connectivity index (χ0v) is 41.2. The lowest BCUT2D eigenvalue weighted by Crippen LogP contribution is -2.38. The molecule has 0 saturated carbocycles. The normalized spacial score (nSPS) is 14.1. The molecule has 0 unspecified atom stereocenters. The topological polar surface area (TPSA) is 59.6 Å². The summed E-state index contributed by atoms with van der Waals surface area (Å²) in [5.74, 6) is 2.12. The van der Waals surface area contributed by atoms with Gasteiger partial charge in [0.05, 0.1) is 51.8 Å². The fraction of sp³-hybridized carbons (Fsp3) is 0.295. The summed E-state index contributed by atoms with van der Waals surface area (Å²) in [7, 11) is 2.11. The standard InChI is InChI=1S/C61H59N5O/c1-57(2,3)37-28-43-44-29-38(58(4,5)6)31-48(60(10,11)12)55(44)61(54(43)47(30-37)59(7,8)9)45-24-22-40(33-52(45)65-35-64(13)50-20-16-18-46(61)56(50)65)67-39-21-23-42-41-17-14-15-19-49(41)66(51(42)32-39)53-27-36(34-62)25-26-63-53/h14-33H,1-13H3. The Bertz CT molecular complexity index is 3540. The van der Waals surface area contributed by atoms with Crippen LogP contribution in [-0.4, -0.2) is 14.1 Å². The lowest BCUT2D eigenvalue weighted by Gasteiger charge is -2.45. The van der Waals surface area contributed by atoms with Crippen LogP contribution in [0, 0.1) is 17.7 Å². The van der Waals surface area contributed by atoms with Gasteiger partial charge in [-0.05, 0) is 120 Å². The monoisotopic (exact) mass is 877 g/mol. The maximum atomic E-state index is 9.81. The molecule has 0 radical (unpaired) electrons. The van der Waals surface area contributed by atoms with E-state index in [0.29, 0.717) is 17.1 Å². The SMILES string of the molecule is C[n+]1[c-]n2c3c(cccc31)C1(c3ccc(Oc4ccc5c6ccccc6n(-c6cc(C#N)ccn6)c5c4)cc3-2)c2c(cc(C(C)(C)C)cc2C(C)(C)C)-c2cc(C(C)(C)C)cc(C(C)(C)C)c21. The minimum Gasteiger partial charge on any atom is -0.458 e. The summed E-state index contributed by atoms with van der Waals surface area (Å²) < 4.78 is 13.6. The van der Waals surface area contributed by atoms with E-state index in [4.69, 9.17) is 9.72 Å². The average molecular weight is 878 g/mol. The van der Waals surface area contributed by atoms with Crippen LogP contribution in [0.3, 0.4) is 0 Å². The maximum absolute atomic E-state index is 9.81. The molecule has 6 aromatic carbocycles. The minimum absolute atomic E-state index is 0.0673. The Balaban J connectivity index is 1.22. The number of aromatic nitrogens is 4. The van der Waals surface area contributed by atoms with Crippen LogP contribution in [-0.2, 0) is 34.1 Å². The van der Waals surface area contributed by atoms with Crippen molar-refractivity contribution in [3.8, 4) is 40.2 Å². The number of para-hydroxylation sites is 2. The van der Waals surface area contributed by atoms with Gasteiger partial charge in [-0.25, -0.2) is 4.98 Å². The maximum Gasteiger partial charge on any atom is 0.244 e. The van der Waals surface area contributed by atoms with Crippen LogP contribution < -0.4 is 9.30 Å². The van der Waals surface area contributed by atoms with E-state index in [1.165, 1.54) is 55.6 Å². The summed E-state index contributed by atoms with van der Waals surface area (Å²) >= 11 is 0. The van der Waals surface area contributed by atoms with Crippen molar-refractivity contribution in [1.82, 2.24) is 14.1 Å². The number of aryl methyl sites for hydroxylation is 1. The molecule has 0 fully saturated rings. The Hall–Kier alpha value is -6.97. The second-order valence-electron chi connectivity index (χ2n) is 23.1. The summed E-state index contributed by atoms with van der Waals surface area (Å²) in [4.78, 5) is 4.74. The molecule has 11 rings (SSSR count). The number of rotatable bonds is 3. The number of hydrogen-bond acceptors (Lipinski definition) is 3. The van der Waals surface area contributed by atoms with Crippen LogP contribution in [0.5, 0.6) is 11.5 Å². The third-order valence-corrected chi connectivity index (χ3v) is 14.5. The molecule has 6 heteroatoms. The largest absolute Gasteiger partial charge is 0.458 e. The fourth-order valence-corrected chi connectivity index (χ4v) is 11.2. The molecule has 1 spiro atoms. The van der Waals surface area contributed by atoms with Crippen LogP contribution >= 0.6 is 0 Å². The molecule has 0 amide bonds. The van der Waals surface area contributed by atoms with Crippen LogP contribution in [0.15, 0.2) is 121 Å². The molecule has 3 aromatic heterocycles. The van der Waals surface area contributed by atoms with Crippen LogP contribution in [0.2, 0.25) is 0 Å². The quantitative estimate of drug-likeness (QED) is 0.131. The molecule has 334 valence electrons. The summed E-state index contributed by atoms with van der Waals surface area (Å²) in [5, 5.41) is 12.0. The van der Waals surface area contributed by atoms with E-state index in [2.05, 4.69) is 213 Å². The van der Waals surface area contributed by atoms with Gasteiger partial charge in [0.2, 0.25) is 6.33 Å². The number of hydrogen-bond donors (Lipinski definition) is 0. The highest BCUT2D eigenvalue weighted by Gasteiger charge is 2.54. The predicted octanol–water partition coefficient (Wildman–Crippen LogP) is 14.3. The van der Waals surface area contributed by atoms with Crippen molar-refractivity contribution in [2.24, 2.45) is 7.05 Å². The van der Waals surface area contributed by atoms with Gasteiger partial charge in [0.1, 0.15) is 17.3 Å². The van der Waals surface area contributed by atoms with Gasteiger partial charge in [-0.3, -0.25) is 4.57 Å². The first-order chi connectivity index (χ1) is 31.6. The highest BCUT2D eigenvalue weighted by atomic mass is 16.5. The molecular formula is C61H59N5O. The van der Waals surface area contributed by atoms with Crippen molar-refractivity contribution >= 4 is 32.8 Å². The number of pyridine rings is 1. The first-order valence-corrected chi connectivity index (χ1v) is 23.7. The van der Waals surface area contributed by atoms with E-state index in [0.717, 1.165) is 44.3 Å². The Labute approximate surface area is 395 Å². The zero-order valence-electron chi connectivity index (χ0n) is 41.2. The predicted molar refractivity (Wildman–Crippen MR) is 272 cm³/mol. The molecule has 1 aliphatic heterocycles. The summed E-state index contributed by atoms with van der Waals surface area (Å²) in [6.45, 7) is 28.4. The van der Waals surface area contributed by atoms with Gasteiger partial charge in [-0.1, -0.05) is 150 Å². The second kappa shape index (κ2) is 14.0. The summed E-state index contributed by atoms with van der Waals surface area (Å²) in [5.41, 5.74) is 18.0. The van der Waals surface area contributed by atoms with Gasteiger partial charge >= 0.3 is 0 Å². The number of benzene rings is 6. The van der Waals surface area contributed by atoms with Gasteiger partial charge in [0.15, 0.2) is 0 Å². The summed E-state index contributed by atoms with van der Waals surface area (Å²) in [6.07, 6.45) is 5.46. The average Bonchev–Trinajstić information content (AvgIpc) is 3.89. The molecule has 0 saturated heterocycles. The molecular weight excluding hydrogens is 819 g/mol. The first kappa shape index (κ1) is 42.7. The van der Waals surface area contributed by atoms with Gasteiger partial charge in [-0.2, -0.15) is 5.26 Å². The number of nitriles is 1. The van der Waals surface area contributed by atoms with Crippen molar-refractivity contribution < 1.29 is 9.30 Å². The van der Waals surface area contributed by atoms with Gasteiger partial charge in [-0.15, -0.1) is 0 Å². The highest BCUT2D eigenvalue weighted by molar-refractivity contribution is 6.09. The van der Waals surface area contributed by atoms with Crippen molar-refractivity contribution in [2.45, 2.75) is 110 Å². The van der Waals surface area contributed by atoms with E-state index in [-0.39, 0.29) is 21.7 Å².